The van der Waals surface area contributed by atoms with Gasteiger partial charge in [-0.2, -0.15) is 0 Å². The van der Waals surface area contributed by atoms with Crippen molar-refractivity contribution in [2.45, 2.75) is 52.5 Å². The molecule has 1 aliphatic rings. The van der Waals surface area contributed by atoms with Crippen LogP contribution in [0.1, 0.15) is 55.5 Å². The van der Waals surface area contributed by atoms with Crippen molar-refractivity contribution in [2.75, 3.05) is 12.3 Å². The van der Waals surface area contributed by atoms with Crippen molar-refractivity contribution in [3.63, 3.8) is 0 Å². The lowest BCUT2D eigenvalue weighted by Crippen LogP contribution is -2.41. The Morgan fingerprint density at radius 2 is 2.00 bits per heavy atom. The zero-order valence-electron chi connectivity index (χ0n) is 12.9. The highest BCUT2D eigenvalue weighted by Gasteiger charge is 2.27. The predicted molar refractivity (Wildman–Crippen MR) is 83.7 cm³/mol. The van der Waals surface area contributed by atoms with E-state index in [1.54, 1.807) is 0 Å². The molecule has 20 heavy (non-hydrogen) atoms. The molecule has 2 N–H and O–H groups in total. The molecule has 2 rings (SSSR count). The highest BCUT2D eigenvalue weighted by atomic mass is 16.2. The van der Waals surface area contributed by atoms with Crippen LogP contribution in [0.5, 0.6) is 0 Å². The molecule has 0 saturated heterocycles. The molecule has 1 aliphatic carbocycles. The third-order valence-electron chi connectivity index (χ3n) is 4.10. The van der Waals surface area contributed by atoms with Gasteiger partial charge in [0.25, 0.3) is 5.91 Å². The van der Waals surface area contributed by atoms with Crippen LogP contribution in [-0.4, -0.2) is 23.4 Å². The largest absolute Gasteiger partial charge is 0.399 e. The Bertz CT molecular complexity index is 476. The molecule has 1 fully saturated rings. The highest BCUT2D eigenvalue weighted by Crippen LogP contribution is 2.26. The van der Waals surface area contributed by atoms with Gasteiger partial charge in [-0.15, -0.1) is 0 Å². The quantitative estimate of drug-likeness (QED) is 0.852. The standard InChI is InChI=1S/C17H26N2O/c1-12(2)11-19(15-6-4-5-7-15)17(20)14-8-9-16(18)13(3)10-14/h8-10,12,15H,4-7,11,18H2,1-3H3. The van der Waals surface area contributed by atoms with Gasteiger partial charge in [-0.25, -0.2) is 0 Å². The zero-order valence-corrected chi connectivity index (χ0v) is 12.9. The molecule has 0 aromatic heterocycles. The molecular weight excluding hydrogens is 248 g/mol. The summed E-state index contributed by atoms with van der Waals surface area (Å²) in [6.45, 7) is 7.13. The van der Waals surface area contributed by atoms with Crippen LogP contribution in [0, 0.1) is 12.8 Å². The normalized spacial score (nSPS) is 15.8. The molecule has 3 heteroatoms. The summed E-state index contributed by atoms with van der Waals surface area (Å²) in [6.07, 6.45) is 4.78. The average Bonchev–Trinajstić information content (AvgIpc) is 2.92. The third-order valence-corrected chi connectivity index (χ3v) is 4.10. The number of nitrogen functional groups attached to an aromatic ring is 1. The Labute approximate surface area is 122 Å². The summed E-state index contributed by atoms with van der Waals surface area (Å²) in [5.41, 5.74) is 8.34. The van der Waals surface area contributed by atoms with Crippen molar-refractivity contribution < 1.29 is 4.79 Å². The second-order valence-electron chi connectivity index (χ2n) is 6.36. The summed E-state index contributed by atoms with van der Waals surface area (Å²) in [6, 6.07) is 6.03. The van der Waals surface area contributed by atoms with E-state index in [9.17, 15) is 4.79 Å². The van der Waals surface area contributed by atoms with Gasteiger partial charge in [0.05, 0.1) is 0 Å². The molecule has 110 valence electrons. The van der Waals surface area contributed by atoms with Crippen molar-refractivity contribution >= 4 is 11.6 Å². The van der Waals surface area contributed by atoms with Crippen molar-refractivity contribution in [3.05, 3.63) is 29.3 Å². The van der Waals surface area contributed by atoms with E-state index in [-0.39, 0.29) is 5.91 Å². The number of amides is 1. The SMILES string of the molecule is Cc1cc(C(=O)N(CC(C)C)C2CCCC2)ccc1N. The van der Waals surface area contributed by atoms with Gasteiger partial charge in [0.2, 0.25) is 0 Å². The van der Waals surface area contributed by atoms with Crippen LogP contribution in [0.15, 0.2) is 18.2 Å². The molecule has 0 unspecified atom stereocenters. The average molecular weight is 274 g/mol. The van der Waals surface area contributed by atoms with E-state index < -0.39 is 0 Å². The molecule has 0 aliphatic heterocycles. The fourth-order valence-corrected chi connectivity index (χ4v) is 2.98. The van der Waals surface area contributed by atoms with E-state index in [0.717, 1.165) is 36.2 Å². The van der Waals surface area contributed by atoms with E-state index in [2.05, 4.69) is 18.7 Å². The number of carbonyl (C=O) groups is 1. The lowest BCUT2D eigenvalue weighted by Gasteiger charge is -2.31. The molecule has 1 saturated carbocycles. The van der Waals surface area contributed by atoms with Gasteiger partial charge in [0.1, 0.15) is 0 Å². The summed E-state index contributed by atoms with van der Waals surface area (Å²) >= 11 is 0. The molecule has 3 nitrogen and oxygen atoms in total. The number of rotatable bonds is 4. The predicted octanol–water partition coefficient (Wildman–Crippen LogP) is 3.62. The van der Waals surface area contributed by atoms with Crippen LogP contribution in [0.4, 0.5) is 5.69 Å². The van der Waals surface area contributed by atoms with Crippen molar-refractivity contribution in [1.29, 1.82) is 0 Å². The number of nitrogens with two attached hydrogens (primary N) is 1. The lowest BCUT2D eigenvalue weighted by molar-refractivity contribution is 0.0655. The monoisotopic (exact) mass is 274 g/mol. The van der Waals surface area contributed by atoms with Crippen LogP contribution in [0.3, 0.4) is 0 Å². The smallest absolute Gasteiger partial charge is 0.254 e. The summed E-state index contributed by atoms with van der Waals surface area (Å²) in [7, 11) is 0. The van der Waals surface area contributed by atoms with Crippen molar-refractivity contribution in [3.8, 4) is 0 Å². The maximum Gasteiger partial charge on any atom is 0.254 e. The Hall–Kier alpha value is -1.51. The zero-order chi connectivity index (χ0) is 14.7. The van der Waals surface area contributed by atoms with Crippen LogP contribution in [-0.2, 0) is 0 Å². The number of anilines is 1. The second-order valence-corrected chi connectivity index (χ2v) is 6.36. The Kier molecular flexibility index (Phi) is 4.69. The summed E-state index contributed by atoms with van der Waals surface area (Å²) in [5.74, 6) is 0.656. The van der Waals surface area contributed by atoms with Crippen LogP contribution >= 0.6 is 0 Å². The summed E-state index contributed by atoms with van der Waals surface area (Å²) in [4.78, 5) is 14.9. The first-order chi connectivity index (χ1) is 9.49. The molecule has 0 bridgehead atoms. The molecule has 1 aromatic rings. The maximum atomic E-state index is 12.8. The van der Waals surface area contributed by atoms with E-state index in [4.69, 9.17) is 5.73 Å². The minimum absolute atomic E-state index is 0.161. The van der Waals surface area contributed by atoms with Gasteiger partial charge in [-0.3, -0.25) is 4.79 Å². The van der Waals surface area contributed by atoms with Gasteiger partial charge >= 0.3 is 0 Å². The molecule has 1 amide bonds. The highest BCUT2D eigenvalue weighted by molar-refractivity contribution is 5.95. The number of aryl methyl sites for hydroxylation is 1. The fourth-order valence-electron chi connectivity index (χ4n) is 2.98. The minimum atomic E-state index is 0.161. The molecule has 0 heterocycles. The number of carbonyl (C=O) groups excluding carboxylic acids is 1. The fraction of sp³-hybridized carbons (Fsp3) is 0.588. The minimum Gasteiger partial charge on any atom is -0.399 e. The summed E-state index contributed by atoms with van der Waals surface area (Å²) < 4.78 is 0. The first-order valence-corrected chi connectivity index (χ1v) is 7.66. The third kappa shape index (κ3) is 3.33. The van der Waals surface area contributed by atoms with Gasteiger partial charge in [0.15, 0.2) is 0 Å². The van der Waals surface area contributed by atoms with Crippen molar-refractivity contribution in [1.82, 2.24) is 4.90 Å². The van der Waals surface area contributed by atoms with E-state index in [1.807, 2.05) is 25.1 Å². The number of benzene rings is 1. The maximum absolute atomic E-state index is 12.8. The van der Waals surface area contributed by atoms with Gasteiger partial charge in [-0.05, 0) is 49.4 Å². The van der Waals surface area contributed by atoms with E-state index in [0.29, 0.717) is 12.0 Å². The van der Waals surface area contributed by atoms with Crippen LogP contribution in [0.25, 0.3) is 0 Å². The van der Waals surface area contributed by atoms with Gasteiger partial charge in [0, 0.05) is 23.8 Å². The van der Waals surface area contributed by atoms with Crippen LogP contribution in [0.2, 0.25) is 0 Å². The molecular formula is C17H26N2O. The molecule has 0 radical (unpaired) electrons. The Balaban J connectivity index is 2.22. The molecule has 0 atom stereocenters. The topological polar surface area (TPSA) is 46.3 Å². The van der Waals surface area contributed by atoms with Gasteiger partial charge < -0.3 is 10.6 Å². The Morgan fingerprint density at radius 1 is 1.35 bits per heavy atom. The molecule has 1 aromatic carbocycles. The second kappa shape index (κ2) is 6.29. The Morgan fingerprint density at radius 3 is 2.55 bits per heavy atom. The van der Waals surface area contributed by atoms with Gasteiger partial charge in [-0.1, -0.05) is 26.7 Å². The van der Waals surface area contributed by atoms with Crippen molar-refractivity contribution in [2.24, 2.45) is 5.92 Å². The first-order valence-electron chi connectivity index (χ1n) is 7.66. The first kappa shape index (κ1) is 14.9. The summed E-state index contributed by atoms with van der Waals surface area (Å²) in [5, 5.41) is 0. The van der Waals surface area contributed by atoms with Crippen LogP contribution < -0.4 is 5.73 Å². The van der Waals surface area contributed by atoms with E-state index in [1.165, 1.54) is 12.8 Å². The van der Waals surface area contributed by atoms with E-state index >= 15 is 0 Å². The lowest BCUT2D eigenvalue weighted by atomic mass is 10.1. The molecule has 0 spiro atoms. The number of nitrogens with zero attached hydrogens (tertiary/aromatic N) is 1. The number of hydrogen-bond acceptors (Lipinski definition) is 2. The number of hydrogen-bond donors (Lipinski definition) is 1.